The molecule has 1 fully saturated rings. The molecule has 1 aromatic rings. The third-order valence-corrected chi connectivity index (χ3v) is 4.97. The minimum atomic E-state index is -0.502. The van der Waals surface area contributed by atoms with Gasteiger partial charge in [-0.3, -0.25) is 0 Å². The highest BCUT2D eigenvalue weighted by atomic mass is 32.2. The van der Waals surface area contributed by atoms with Crippen LogP contribution in [0.5, 0.6) is 0 Å². The van der Waals surface area contributed by atoms with Crippen molar-refractivity contribution in [1.29, 1.82) is 0 Å². The molecular formula is C12H19NOS2. The maximum Gasteiger partial charge on any atom is 0.0957 e. The van der Waals surface area contributed by atoms with E-state index in [2.05, 4.69) is 31.1 Å². The Hall–Kier alpha value is -0.0600. The van der Waals surface area contributed by atoms with Gasteiger partial charge in [-0.25, -0.2) is 4.98 Å². The Balaban J connectivity index is 2.08. The van der Waals surface area contributed by atoms with Gasteiger partial charge in [0.25, 0.3) is 0 Å². The molecule has 4 heteroatoms. The first-order valence-corrected chi connectivity index (χ1v) is 7.68. The van der Waals surface area contributed by atoms with Gasteiger partial charge >= 0.3 is 0 Å². The molecule has 0 aliphatic carbocycles. The van der Waals surface area contributed by atoms with Gasteiger partial charge in [-0.2, -0.15) is 11.8 Å². The van der Waals surface area contributed by atoms with E-state index in [4.69, 9.17) is 0 Å². The molecule has 1 unspecified atom stereocenters. The summed E-state index contributed by atoms with van der Waals surface area (Å²) in [5.41, 5.74) is 0.751. The van der Waals surface area contributed by atoms with Crippen LogP contribution in [0.4, 0.5) is 0 Å². The number of nitrogens with zero attached hydrogens (tertiary/aromatic N) is 1. The first-order chi connectivity index (χ1) is 7.39. The molecule has 1 aliphatic heterocycles. The predicted molar refractivity (Wildman–Crippen MR) is 71.4 cm³/mol. The third kappa shape index (κ3) is 2.79. The fourth-order valence-corrected chi connectivity index (χ4v) is 4.21. The van der Waals surface area contributed by atoms with Crippen LogP contribution >= 0.6 is 23.1 Å². The fourth-order valence-electron chi connectivity index (χ4n) is 1.75. The second-order valence-corrected chi connectivity index (χ2v) is 7.63. The van der Waals surface area contributed by atoms with Crippen molar-refractivity contribution in [2.45, 2.75) is 44.6 Å². The van der Waals surface area contributed by atoms with E-state index >= 15 is 0 Å². The first kappa shape index (κ1) is 12.4. The molecule has 0 radical (unpaired) electrons. The molecule has 1 atom stereocenters. The highest BCUT2D eigenvalue weighted by molar-refractivity contribution is 7.99. The molecule has 90 valence electrons. The van der Waals surface area contributed by atoms with E-state index in [1.807, 2.05) is 11.8 Å². The highest BCUT2D eigenvalue weighted by Gasteiger charge is 2.33. The van der Waals surface area contributed by atoms with Crippen molar-refractivity contribution in [1.82, 2.24) is 4.98 Å². The number of aliphatic hydroxyl groups is 1. The minimum absolute atomic E-state index is 0.113. The predicted octanol–water partition coefficient (Wildman–Crippen LogP) is 2.85. The highest BCUT2D eigenvalue weighted by Crippen LogP contribution is 2.32. The number of hydrogen-bond donors (Lipinski definition) is 1. The van der Waals surface area contributed by atoms with Gasteiger partial charge in [0.2, 0.25) is 0 Å². The molecule has 1 aromatic heterocycles. The molecule has 1 saturated heterocycles. The van der Waals surface area contributed by atoms with Gasteiger partial charge in [-0.1, -0.05) is 20.8 Å². The molecule has 1 N–H and O–H groups in total. The zero-order valence-corrected chi connectivity index (χ0v) is 11.7. The molecule has 0 aromatic carbocycles. The average Bonchev–Trinajstić information content (AvgIpc) is 2.74. The first-order valence-electron chi connectivity index (χ1n) is 5.64. The lowest BCUT2D eigenvalue weighted by atomic mass is 9.93. The summed E-state index contributed by atoms with van der Waals surface area (Å²) in [6.07, 6.45) is 1.63. The van der Waals surface area contributed by atoms with Gasteiger partial charge in [0.15, 0.2) is 0 Å². The quantitative estimate of drug-likeness (QED) is 0.884. The maximum atomic E-state index is 10.3. The largest absolute Gasteiger partial charge is 0.389 e. The summed E-state index contributed by atoms with van der Waals surface area (Å²) >= 11 is 3.52. The van der Waals surface area contributed by atoms with Crippen LogP contribution in [0.3, 0.4) is 0 Å². The van der Waals surface area contributed by atoms with Gasteiger partial charge in [0.05, 0.1) is 16.3 Å². The number of aromatic nitrogens is 1. The molecule has 16 heavy (non-hydrogen) atoms. The summed E-state index contributed by atoms with van der Waals surface area (Å²) in [7, 11) is 0. The minimum Gasteiger partial charge on any atom is -0.389 e. The zero-order chi connectivity index (χ0) is 11.8. The Morgan fingerprint density at radius 3 is 2.75 bits per heavy atom. The Kier molecular flexibility index (Phi) is 3.34. The van der Waals surface area contributed by atoms with E-state index in [9.17, 15) is 5.11 Å². The number of thiazole rings is 1. The van der Waals surface area contributed by atoms with Gasteiger partial charge < -0.3 is 5.11 Å². The van der Waals surface area contributed by atoms with Crippen LogP contribution in [0.1, 0.15) is 37.9 Å². The van der Waals surface area contributed by atoms with Crippen LogP contribution in [0.25, 0.3) is 0 Å². The summed E-state index contributed by atoms with van der Waals surface area (Å²) in [5, 5.41) is 13.5. The fraction of sp³-hybridized carbons (Fsp3) is 0.750. The second-order valence-electron chi connectivity index (χ2n) is 5.58. The van der Waals surface area contributed by atoms with Gasteiger partial charge in [0.1, 0.15) is 0 Å². The van der Waals surface area contributed by atoms with Crippen LogP contribution in [0, 0.1) is 0 Å². The number of thioether (sulfide) groups is 1. The van der Waals surface area contributed by atoms with E-state index in [-0.39, 0.29) is 5.41 Å². The van der Waals surface area contributed by atoms with Crippen LogP contribution in [-0.4, -0.2) is 27.2 Å². The van der Waals surface area contributed by atoms with Gasteiger partial charge in [-0.15, -0.1) is 11.3 Å². The summed E-state index contributed by atoms with van der Waals surface area (Å²) in [6, 6.07) is 0. The molecule has 2 rings (SSSR count). The van der Waals surface area contributed by atoms with Crippen LogP contribution in [-0.2, 0) is 11.8 Å². The van der Waals surface area contributed by atoms with E-state index in [1.165, 1.54) is 0 Å². The SMILES string of the molecule is CC(C)(C)c1csc(CC2(O)CCSC2)n1. The molecule has 2 nitrogen and oxygen atoms in total. The number of hydrogen-bond acceptors (Lipinski definition) is 4. The van der Waals surface area contributed by atoms with Crippen molar-refractivity contribution in [3.63, 3.8) is 0 Å². The Morgan fingerprint density at radius 2 is 2.25 bits per heavy atom. The van der Waals surface area contributed by atoms with Crippen LogP contribution in [0.15, 0.2) is 5.38 Å². The molecule has 0 amide bonds. The van der Waals surface area contributed by atoms with E-state index < -0.39 is 5.60 Å². The Labute approximate surface area is 105 Å². The van der Waals surface area contributed by atoms with Crippen molar-refractivity contribution in [2.24, 2.45) is 0 Å². The van der Waals surface area contributed by atoms with Crippen molar-refractivity contribution in [3.8, 4) is 0 Å². The Bertz CT molecular complexity index is 361. The molecule has 0 bridgehead atoms. The molecular weight excluding hydrogens is 238 g/mol. The average molecular weight is 257 g/mol. The summed E-state index contributed by atoms with van der Waals surface area (Å²) < 4.78 is 0. The van der Waals surface area contributed by atoms with Crippen molar-refractivity contribution < 1.29 is 5.11 Å². The Morgan fingerprint density at radius 1 is 1.50 bits per heavy atom. The van der Waals surface area contributed by atoms with Crippen molar-refractivity contribution in [2.75, 3.05) is 11.5 Å². The van der Waals surface area contributed by atoms with Gasteiger partial charge in [-0.05, 0) is 12.2 Å². The van der Waals surface area contributed by atoms with E-state index in [1.54, 1.807) is 11.3 Å². The summed E-state index contributed by atoms with van der Waals surface area (Å²) in [5.74, 6) is 1.94. The maximum absolute atomic E-state index is 10.3. The third-order valence-electron chi connectivity index (χ3n) is 2.88. The normalized spacial score (nSPS) is 26.2. The smallest absolute Gasteiger partial charge is 0.0957 e. The topological polar surface area (TPSA) is 33.1 Å². The standard InChI is InChI=1S/C12H19NOS2/c1-11(2,3)9-7-16-10(13-9)6-12(14)4-5-15-8-12/h7,14H,4-6,8H2,1-3H3. The molecule has 0 saturated carbocycles. The lowest BCUT2D eigenvalue weighted by Gasteiger charge is -2.19. The zero-order valence-electron chi connectivity index (χ0n) is 10.1. The number of rotatable bonds is 2. The van der Waals surface area contributed by atoms with Crippen LogP contribution < -0.4 is 0 Å². The molecule has 0 spiro atoms. The van der Waals surface area contributed by atoms with E-state index in [0.29, 0.717) is 0 Å². The summed E-state index contributed by atoms with van der Waals surface area (Å²) in [4.78, 5) is 4.64. The lowest BCUT2D eigenvalue weighted by molar-refractivity contribution is 0.0685. The van der Waals surface area contributed by atoms with Crippen molar-refractivity contribution >= 4 is 23.1 Å². The van der Waals surface area contributed by atoms with Gasteiger partial charge in [0, 0.05) is 23.0 Å². The monoisotopic (exact) mass is 257 g/mol. The van der Waals surface area contributed by atoms with E-state index in [0.717, 1.165) is 35.0 Å². The lowest BCUT2D eigenvalue weighted by Crippen LogP contribution is -2.30. The van der Waals surface area contributed by atoms with Crippen molar-refractivity contribution in [3.05, 3.63) is 16.1 Å². The molecule has 2 heterocycles. The van der Waals surface area contributed by atoms with Crippen LogP contribution in [0.2, 0.25) is 0 Å². The molecule has 1 aliphatic rings. The summed E-state index contributed by atoms with van der Waals surface area (Å²) in [6.45, 7) is 6.52. The second kappa shape index (κ2) is 4.31.